The highest BCUT2D eigenvalue weighted by Crippen LogP contribution is 2.48. The maximum Gasteiger partial charge on any atom is 0.261 e. The van der Waals surface area contributed by atoms with Crippen molar-refractivity contribution in [3.05, 3.63) is 90.0 Å². The molecule has 2 amide bonds. The number of hydrogen-bond donors (Lipinski definition) is 0. The Balaban J connectivity index is 1.22. The molecule has 0 N–H and O–H groups in total. The number of carbonyl (C=O) groups excluding carboxylic acids is 2. The second-order valence-electron chi connectivity index (χ2n) is 8.24. The van der Waals surface area contributed by atoms with Crippen LogP contribution >= 0.6 is 11.8 Å². The molecule has 0 radical (unpaired) electrons. The number of rotatable bonds is 5. The average molecular weight is 452 g/mol. The number of fused-ring (bicyclic) bond motifs is 4. The second-order valence-corrected chi connectivity index (χ2v) is 9.32. The van der Waals surface area contributed by atoms with Crippen LogP contribution in [0, 0.1) is 0 Å². The molecule has 0 aliphatic carbocycles. The third kappa shape index (κ3) is 3.38. The molecule has 0 bridgehead atoms. The molecule has 5 nitrogen and oxygen atoms in total. The summed E-state index contributed by atoms with van der Waals surface area (Å²) in [6.07, 6.45) is 1.57. The number of aromatic nitrogens is 1. The smallest absolute Gasteiger partial charge is 0.261 e. The molecular weight excluding hydrogens is 430 g/mol. The first-order valence-corrected chi connectivity index (χ1v) is 11.9. The van der Waals surface area contributed by atoms with Gasteiger partial charge in [-0.1, -0.05) is 54.2 Å². The maximum absolute atomic E-state index is 12.6. The lowest BCUT2D eigenvalue weighted by Crippen LogP contribution is -2.31. The lowest BCUT2D eigenvalue weighted by Gasteiger charge is -2.32. The van der Waals surface area contributed by atoms with Crippen LogP contribution in [-0.4, -0.2) is 34.8 Å². The Labute approximate surface area is 196 Å². The average Bonchev–Trinajstić information content (AvgIpc) is 3.09. The summed E-state index contributed by atoms with van der Waals surface area (Å²) in [5.74, 6) is 0.598. The number of amides is 2. The van der Waals surface area contributed by atoms with Gasteiger partial charge >= 0.3 is 0 Å². The van der Waals surface area contributed by atoms with E-state index in [0.717, 1.165) is 46.7 Å². The van der Waals surface area contributed by atoms with Crippen molar-refractivity contribution in [3.63, 3.8) is 0 Å². The van der Waals surface area contributed by atoms with Gasteiger partial charge in [0.25, 0.3) is 11.8 Å². The Bertz CT molecular complexity index is 1380. The molecule has 0 fully saturated rings. The number of nitrogens with zero attached hydrogens (tertiary/aromatic N) is 3. The van der Waals surface area contributed by atoms with Gasteiger partial charge in [-0.25, -0.2) is 4.98 Å². The van der Waals surface area contributed by atoms with E-state index in [4.69, 9.17) is 4.98 Å². The normalized spacial score (nSPS) is 14.4. The van der Waals surface area contributed by atoms with E-state index in [0.29, 0.717) is 17.7 Å². The largest absolute Gasteiger partial charge is 0.324 e. The highest BCUT2D eigenvalue weighted by atomic mass is 32.2. The van der Waals surface area contributed by atoms with Gasteiger partial charge in [-0.3, -0.25) is 14.5 Å². The van der Waals surface area contributed by atoms with Crippen LogP contribution < -0.4 is 4.90 Å². The predicted molar refractivity (Wildman–Crippen MR) is 130 cm³/mol. The van der Waals surface area contributed by atoms with Gasteiger partial charge in [-0.2, -0.15) is 0 Å². The number of para-hydroxylation sites is 2. The first-order valence-electron chi connectivity index (χ1n) is 11.1. The van der Waals surface area contributed by atoms with E-state index in [1.807, 2.05) is 18.2 Å². The van der Waals surface area contributed by atoms with Crippen LogP contribution in [0.15, 0.2) is 88.7 Å². The lowest BCUT2D eigenvalue weighted by atomic mass is 10.1. The number of imide groups is 1. The molecule has 1 aromatic heterocycles. The van der Waals surface area contributed by atoms with Gasteiger partial charge in [0.15, 0.2) is 0 Å². The standard InChI is InChI=1S/C27H21N3O2S/c31-26-19-10-2-3-11-20(19)27(32)30(26)16-8-7-15-29-22-13-5-6-14-23(22)33-24-17-18-9-1-4-12-21(18)28-25(24)29/h1-6,9-14,17H,7-8,15-16H2. The number of anilines is 2. The van der Waals surface area contributed by atoms with Crippen molar-refractivity contribution < 1.29 is 9.59 Å². The van der Waals surface area contributed by atoms with E-state index in [-0.39, 0.29) is 11.8 Å². The minimum absolute atomic E-state index is 0.186. The molecule has 33 heavy (non-hydrogen) atoms. The molecule has 0 spiro atoms. The third-order valence-electron chi connectivity index (χ3n) is 6.19. The van der Waals surface area contributed by atoms with Crippen LogP contribution in [0.4, 0.5) is 11.5 Å². The van der Waals surface area contributed by atoms with Gasteiger partial charge in [0, 0.05) is 23.4 Å². The Hall–Kier alpha value is -3.64. The highest BCUT2D eigenvalue weighted by molar-refractivity contribution is 7.99. The third-order valence-corrected chi connectivity index (χ3v) is 7.28. The fourth-order valence-electron chi connectivity index (χ4n) is 4.56. The van der Waals surface area contributed by atoms with Crippen LogP contribution in [0.25, 0.3) is 10.9 Å². The number of pyridine rings is 1. The zero-order valence-electron chi connectivity index (χ0n) is 17.9. The minimum Gasteiger partial charge on any atom is -0.324 e. The molecule has 3 heterocycles. The topological polar surface area (TPSA) is 53.5 Å². The zero-order valence-corrected chi connectivity index (χ0v) is 18.7. The van der Waals surface area contributed by atoms with E-state index >= 15 is 0 Å². The molecule has 0 atom stereocenters. The van der Waals surface area contributed by atoms with Crippen molar-refractivity contribution in [1.29, 1.82) is 0 Å². The molecule has 0 saturated heterocycles. The molecule has 2 aliphatic heterocycles. The van der Waals surface area contributed by atoms with E-state index < -0.39 is 0 Å². The molecule has 6 rings (SSSR count). The Morgan fingerprint density at radius 3 is 2.12 bits per heavy atom. The summed E-state index contributed by atoms with van der Waals surface area (Å²) >= 11 is 1.75. The summed E-state index contributed by atoms with van der Waals surface area (Å²) in [5.41, 5.74) is 3.15. The van der Waals surface area contributed by atoms with Gasteiger partial charge < -0.3 is 4.90 Å². The van der Waals surface area contributed by atoms with Gasteiger partial charge in [0.2, 0.25) is 0 Å². The fraction of sp³-hybridized carbons (Fsp3) is 0.148. The zero-order chi connectivity index (χ0) is 22.4. The molecule has 4 aromatic rings. The molecule has 2 aliphatic rings. The maximum atomic E-state index is 12.6. The molecule has 162 valence electrons. The number of carbonyl (C=O) groups is 2. The summed E-state index contributed by atoms with van der Waals surface area (Å²) in [6.45, 7) is 1.19. The molecule has 6 heteroatoms. The van der Waals surface area contributed by atoms with Gasteiger partial charge in [-0.05, 0) is 49.2 Å². The SMILES string of the molecule is O=C1c2ccccc2C(=O)N1CCCCN1c2ccccc2Sc2cc3ccccc3nc21. The Kier molecular flexibility index (Phi) is 4.88. The first-order chi connectivity index (χ1) is 16.2. The van der Waals surface area contributed by atoms with Gasteiger partial charge in [-0.15, -0.1) is 0 Å². The Morgan fingerprint density at radius 2 is 1.33 bits per heavy atom. The summed E-state index contributed by atoms with van der Waals surface area (Å²) in [6, 6.07) is 25.8. The van der Waals surface area contributed by atoms with Crippen LogP contribution in [0.1, 0.15) is 33.6 Å². The summed E-state index contributed by atoms with van der Waals surface area (Å²) in [5, 5.41) is 1.13. The second kappa shape index (κ2) is 8.05. The van der Waals surface area contributed by atoms with Crippen LogP contribution in [-0.2, 0) is 0 Å². The van der Waals surface area contributed by atoms with Gasteiger partial charge in [0.05, 0.1) is 27.2 Å². The van der Waals surface area contributed by atoms with Crippen LogP contribution in [0.3, 0.4) is 0 Å². The van der Waals surface area contributed by atoms with Crippen molar-refractivity contribution in [1.82, 2.24) is 9.88 Å². The van der Waals surface area contributed by atoms with Crippen molar-refractivity contribution in [3.8, 4) is 0 Å². The predicted octanol–water partition coefficient (Wildman–Crippen LogP) is 5.91. The number of unbranched alkanes of at least 4 members (excludes halogenated alkanes) is 1. The first kappa shape index (κ1) is 20.0. The molecule has 0 saturated carbocycles. The highest BCUT2D eigenvalue weighted by Gasteiger charge is 2.34. The number of benzene rings is 3. The molecular formula is C27H21N3O2S. The van der Waals surface area contributed by atoms with Crippen molar-refractivity contribution >= 4 is 46.0 Å². The van der Waals surface area contributed by atoms with Crippen molar-refractivity contribution in [2.24, 2.45) is 0 Å². The van der Waals surface area contributed by atoms with Crippen molar-refractivity contribution in [2.45, 2.75) is 22.6 Å². The minimum atomic E-state index is -0.186. The lowest BCUT2D eigenvalue weighted by molar-refractivity contribution is 0.0652. The molecule has 0 unspecified atom stereocenters. The molecule has 3 aromatic carbocycles. The van der Waals surface area contributed by atoms with E-state index in [2.05, 4.69) is 41.3 Å². The van der Waals surface area contributed by atoms with E-state index in [1.165, 1.54) is 9.80 Å². The van der Waals surface area contributed by atoms with Gasteiger partial charge in [0.1, 0.15) is 5.82 Å². The monoisotopic (exact) mass is 451 g/mol. The summed E-state index contributed by atoms with van der Waals surface area (Å²) < 4.78 is 0. The van der Waals surface area contributed by atoms with E-state index in [1.54, 1.807) is 36.0 Å². The Morgan fingerprint density at radius 1 is 0.697 bits per heavy atom. The van der Waals surface area contributed by atoms with Crippen molar-refractivity contribution in [2.75, 3.05) is 18.0 Å². The summed E-state index contributed by atoms with van der Waals surface area (Å²) in [7, 11) is 0. The number of hydrogen-bond acceptors (Lipinski definition) is 5. The summed E-state index contributed by atoms with van der Waals surface area (Å²) in [4.78, 5) is 36.3. The van der Waals surface area contributed by atoms with Crippen LogP contribution in [0.2, 0.25) is 0 Å². The van der Waals surface area contributed by atoms with E-state index in [9.17, 15) is 9.59 Å². The quantitative estimate of drug-likeness (QED) is 0.279. The van der Waals surface area contributed by atoms with Crippen LogP contribution in [0.5, 0.6) is 0 Å². The fourth-order valence-corrected chi connectivity index (χ4v) is 5.66.